The van der Waals surface area contributed by atoms with Crippen LogP contribution in [-0.2, 0) is 10.9 Å². The summed E-state index contributed by atoms with van der Waals surface area (Å²) in [5, 5.41) is 0.799. The van der Waals surface area contributed by atoms with Crippen molar-refractivity contribution < 1.29 is 22.7 Å². The molecule has 2 aromatic carbocycles. The van der Waals surface area contributed by atoms with E-state index in [2.05, 4.69) is 0 Å². The van der Waals surface area contributed by atoms with E-state index in [-0.39, 0.29) is 0 Å². The Balaban J connectivity index is 2.14. The maximum absolute atomic E-state index is 12.8. The van der Waals surface area contributed by atoms with E-state index in [0.29, 0.717) is 16.8 Å². The van der Waals surface area contributed by atoms with E-state index in [4.69, 9.17) is 4.74 Å². The van der Waals surface area contributed by atoms with E-state index in [1.807, 2.05) is 12.1 Å². The van der Waals surface area contributed by atoms with Gasteiger partial charge in [-0.2, -0.15) is 13.2 Å². The number of para-hydroxylation sites is 1. The Labute approximate surface area is 149 Å². The average Bonchev–Trinajstić information content (AvgIpc) is 2.92. The predicted octanol–water partition coefficient (Wildman–Crippen LogP) is 6.11. The number of halogens is 3. The van der Waals surface area contributed by atoms with Crippen molar-refractivity contribution >= 4 is 17.0 Å². The fourth-order valence-corrected chi connectivity index (χ4v) is 2.70. The first-order valence-corrected chi connectivity index (χ1v) is 8.08. The Morgan fingerprint density at radius 3 is 2.15 bits per heavy atom. The molecule has 0 amide bonds. The molecule has 6 heteroatoms. The van der Waals surface area contributed by atoms with Crippen LogP contribution in [0.2, 0.25) is 0 Å². The van der Waals surface area contributed by atoms with Crippen molar-refractivity contribution in [3.63, 3.8) is 0 Å². The van der Waals surface area contributed by atoms with E-state index >= 15 is 0 Å². The molecule has 0 aliphatic rings. The normalized spacial score (nSPS) is 12.4. The van der Waals surface area contributed by atoms with Gasteiger partial charge >= 0.3 is 12.3 Å². The Kier molecular flexibility index (Phi) is 4.30. The third-order valence-electron chi connectivity index (χ3n) is 3.79. The summed E-state index contributed by atoms with van der Waals surface area (Å²) < 4.78 is 45.3. The lowest BCUT2D eigenvalue weighted by Crippen LogP contribution is -2.27. The minimum Gasteiger partial charge on any atom is -0.443 e. The summed E-state index contributed by atoms with van der Waals surface area (Å²) >= 11 is 0. The van der Waals surface area contributed by atoms with Crippen molar-refractivity contribution in [3.05, 3.63) is 60.2 Å². The zero-order valence-electron chi connectivity index (χ0n) is 14.6. The SMILES string of the molecule is CC(C)(C)OC(=O)n1c(-c2ccc(C(F)(F)F)cc2)cc2ccccc21. The summed E-state index contributed by atoms with van der Waals surface area (Å²) in [5.41, 5.74) is 0.187. The molecule has 1 aromatic heterocycles. The number of aromatic nitrogens is 1. The Morgan fingerprint density at radius 2 is 1.58 bits per heavy atom. The van der Waals surface area contributed by atoms with Crippen molar-refractivity contribution in [2.75, 3.05) is 0 Å². The predicted molar refractivity (Wildman–Crippen MR) is 94.0 cm³/mol. The largest absolute Gasteiger partial charge is 0.443 e. The average molecular weight is 361 g/mol. The van der Waals surface area contributed by atoms with Gasteiger partial charge in [-0.05, 0) is 50.6 Å². The van der Waals surface area contributed by atoms with E-state index in [9.17, 15) is 18.0 Å². The molecule has 0 radical (unpaired) electrons. The number of hydrogen-bond acceptors (Lipinski definition) is 2. The minimum absolute atomic E-state index is 0.481. The summed E-state index contributed by atoms with van der Waals surface area (Å²) in [6, 6.07) is 13.7. The smallest absolute Gasteiger partial charge is 0.419 e. The molecule has 3 nitrogen and oxygen atoms in total. The molecule has 1 heterocycles. The number of alkyl halides is 3. The van der Waals surface area contributed by atoms with Gasteiger partial charge in [-0.15, -0.1) is 0 Å². The summed E-state index contributed by atoms with van der Waals surface area (Å²) in [6.45, 7) is 5.27. The number of carbonyl (C=O) groups is 1. The van der Waals surface area contributed by atoms with Gasteiger partial charge in [0.1, 0.15) is 5.60 Å². The van der Waals surface area contributed by atoms with Gasteiger partial charge in [0, 0.05) is 5.39 Å². The fraction of sp³-hybridized carbons (Fsp3) is 0.250. The zero-order valence-corrected chi connectivity index (χ0v) is 14.6. The molecule has 0 saturated heterocycles. The standard InChI is InChI=1S/C20H18F3NO2/c1-19(2,3)26-18(25)24-16-7-5-4-6-14(16)12-17(24)13-8-10-15(11-9-13)20(21,22)23/h4-12H,1-3H3. The molecule has 0 spiro atoms. The molecule has 0 unspecified atom stereocenters. The lowest BCUT2D eigenvalue weighted by Gasteiger charge is -2.21. The molecule has 0 aliphatic carbocycles. The van der Waals surface area contributed by atoms with Crippen LogP contribution >= 0.6 is 0 Å². The van der Waals surface area contributed by atoms with Gasteiger partial charge < -0.3 is 4.74 Å². The highest BCUT2D eigenvalue weighted by atomic mass is 19.4. The number of fused-ring (bicyclic) bond motifs is 1. The van der Waals surface area contributed by atoms with Crippen molar-refractivity contribution in [2.24, 2.45) is 0 Å². The zero-order chi connectivity index (χ0) is 19.1. The number of benzene rings is 2. The summed E-state index contributed by atoms with van der Waals surface area (Å²) in [4.78, 5) is 12.7. The van der Waals surface area contributed by atoms with Crippen LogP contribution in [0.5, 0.6) is 0 Å². The van der Waals surface area contributed by atoms with Gasteiger partial charge in [0.15, 0.2) is 0 Å². The van der Waals surface area contributed by atoms with E-state index in [0.717, 1.165) is 17.5 Å². The second-order valence-electron chi connectivity index (χ2n) is 6.98. The first-order chi connectivity index (χ1) is 12.1. The van der Waals surface area contributed by atoms with Crippen LogP contribution in [0.15, 0.2) is 54.6 Å². The third-order valence-corrected chi connectivity index (χ3v) is 3.79. The van der Waals surface area contributed by atoms with Crippen molar-refractivity contribution in [1.82, 2.24) is 4.57 Å². The van der Waals surface area contributed by atoms with Crippen LogP contribution in [0, 0.1) is 0 Å². The van der Waals surface area contributed by atoms with Crippen LogP contribution in [0.4, 0.5) is 18.0 Å². The highest BCUT2D eigenvalue weighted by Crippen LogP contribution is 2.33. The molecule has 136 valence electrons. The molecular weight excluding hydrogens is 343 g/mol. The van der Waals surface area contributed by atoms with Crippen LogP contribution in [0.1, 0.15) is 26.3 Å². The minimum atomic E-state index is -4.41. The van der Waals surface area contributed by atoms with E-state index < -0.39 is 23.4 Å². The van der Waals surface area contributed by atoms with Gasteiger partial charge in [-0.3, -0.25) is 0 Å². The quantitative estimate of drug-likeness (QED) is 0.524. The summed E-state index contributed by atoms with van der Waals surface area (Å²) in [6.07, 6.45) is -4.98. The Morgan fingerprint density at radius 1 is 0.962 bits per heavy atom. The summed E-state index contributed by atoms with van der Waals surface area (Å²) in [7, 11) is 0. The van der Waals surface area contributed by atoms with Crippen molar-refractivity contribution in [1.29, 1.82) is 0 Å². The maximum Gasteiger partial charge on any atom is 0.419 e. The van der Waals surface area contributed by atoms with Gasteiger partial charge in [-0.25, -0.2) is 9.36 Å². The summed E-state index contributed by atoms with van der Waals surface area (Å²) in [5.74, 6) is 0. The molecule has 0 aliphatic heterocycles. The number of hydrogen-bond donors (Lipinski definition) is 0. The van der Waals surface area contributed by atoms with E-state index in [1.165, 1.54) is 16.7 Å². The first kappa shape index (κ1) is 18.0. The Bertz CT molecular complexity index is 948. The third kappa shape index (κ3) is 3.59. The van der Waals surface area contributed by atoms with Crippen LogP contribution in [-0.4, -0.2) is 16.3 Å². The van der Waals surface area contributed by atoms with Crippen LogP contribution in [0.25, 0.3) is 22.2 Å². The molecule has 3 aromatic rings. The topological polar surface area (TPSA) is 31.2 Å². The monoisotopic (exact) mass is 361 g/mol. The second-order valence-corrected chi connectivity index (χ2v) is 6.98. The molecule has 0 fully saturated rings. The van der Waals surface area contributed by atoms with Gasteiger partial charge in [0.25, 0.3) is 0 Å². The molecule has 0 bridgehead atoms. The fourth-order valence-electron chi connectivity index (χ4n) is 2.70. The molecule has 0 saturated carbocycles. The second kappa shape index (κ2) is 6.20. The highest BCUT2D eigenvalue weighted by molar-refractivity contribution is 5.96. The van der Waals surface area contributed by atoms with Crippen LogP contribution in [0.3, 0.4) is 0 Å². The van der Waals surface area contributed by atoms with Gasteiger partial charge in [0.05, 0.1) is 16.8 Å². The Hall–Kier alpha value is -2.76. The lowest BCUT2D eigenvalue weighted by molar-refractivity contribution is -0.137. The molecule has 26 heavy (non-hydrogen) atoms. The lowest BCUT2D eigenvalue weighted by atomic mass is 10.1. The molecule has 3 rings (SSSR count). The first-order valence-electron chi connectivity index (χ1n) is 8.08. The highest BCUT2D eigenvalue weighted by Gasteiger charge is 2.30. The van der Waals surface area contributed by atoms with Crippen molar-refractivity contribution in [3.8, 4) is 11.3 Å². The van der Waals surface area contributed by atoms with Gasteiger partial charge in [0.2, 0.25) is 0 Å². The number of carbonyl (C=O) groups excluding carboxylic acids is 1. The van der Waals surface area contributed by atoms with E-state index in [1.54, 1.807) is 39.0 Å². The number of ether oxygens (including phenoxy) is 1. The molecule has 0 atom stereocenters. The number of nitrogens with zero attached hydrogens (tertiary/aromatic N) is 1. The molecule has 0 N–H and O–H groups in total. The van der Waals surface area contributed by atoms with Crippen molar-refractivity contribution in [2.45, 2.75) is 32.5 Å². The van der Waals surface area contributed by atoms with Gasteiger partial charge in [-0.1, -0.05) is 30.3 Å². The molecular formula is C20H18F3NO2. The maximum atomic E-state index is 12.8. The number of rotatable bonds is 1. The van der Waals surface area contributed by atoms with Crippen LogP contribution < -0.4 is 0 Å².